The molecule has 0 bridgehead atoms. The second-order valence-electron chi connectivity index (χ2n) is 4.64. The number of para-hydroxylation sites is 2. The number of aromatic nitrogens is 2. The zero-order valence-electron chi connectivity index (χ0n) is 13.8. The molecule has 1 aromatic heterocycles. The van der Waals surface area contributed by atoms with Gasteiger partial charge in [-0.05, 0) is 19.1 Å². The first kappa shape index (κ1) is 19.0. The van der Waals surface area contributed by atoms with E-state index in [1.165, 1.54) is 37.3 Å². The number of anilines is 1. The average Bonchev–Trinajstić information content (AvgIpc) is 3.07. The highest BCUT2D eigenvalue weighted by Crippen LogP contribution is 2.28. The zero-order valence-corrected chi connectivity index (χ0v) is 15.5. The van der Waals surface area contributed by atoms with Gasteiger partial charge in [0, 0.05) is 0 Å². The van der Waals surface area contributed by atoms with Gasteiger partial charge < -0.3 is 14.2 Å². The van der Waals surface area contributed by atoms with Crippen LogP contribution in [0.15, 0.2) is 28.6 Å². The number of ether oxygens (including phenoxy) is 3. The molecule has 2 aromatic rings. The lowest BCUT2D eigenvalue weighted by Crippen LogP contribution is -2.30. The summed E-state index contributed by atoms with van der Waals surface area (Å²) in [5, 5.41) is 10.7. The Morgan fingerprint density at radius 2 is 1.96 bits per heavy atom. The van der Waals surface area contributed by atoms with Crippen LogP contribution in [0.2, 0.25) is 0 Å². The molecule has 1 heterocycles. The lowest BCUT2D eigenvalue weighted by Gasteiger charge is -2.15. The Bertz CT molecular complexity index is 737. The Hall–Kier alpha value is -2.33. The van der Waals surface area contributed by atoms with Gasteiger partial charge in [0.2, 0.25) is 5.13 Å². The lowest BCUT2D eigenvalue weighted by molar-refractivity contribution is -0.137. The summed E-state index contributed by atoms with van der Waals surface area (Å²) in [7, 11) is 2.85. The number of rotatable bonds is 8. The maximum absolute atomic E-state index is 12.2. The Kier molecular flexibility index (Phi) is 7.02. The molecular formula is C15H17N3O5S2. The predicted molar refractivity (Wildman–Crippen MR) is 94.4 cm³/mol. The molecule has 0 radical (unpaired) electrons. The molecule has 1 N–H and O–H groups in total. The number of hydrogen-bond donors (Lipinski definition) is 1. The van der Waals surface area contributed by atoms with Crippen molar-refractivity contribution >= 4 is 40.1 Å². The molecule has 0 fully saturated rings. The van der Waals surface area contributed by atoms with Crippen LogP contribution in [-0.4, -0.2) is 48.2 Å². The third-order valence-electron chi connectivity index (χ3n) is 2.92. The first-order valence-electron chi connectivity index (χ1n) is 7.17. The van der Waals surface area contributed by atoms with Gasteiger partial charge in [-0.15, -0.1) is 10.2 Å². The normalized spacial score (nSPS) is 11.5. The summed E-state index contributed by atoms with van der Waals surface area (Å²) in [6.45, 7) is 1.62. The summed E-state index contributed by atoms with van der Waals surface area (Å²) in [4.78, 5) is 23.3. The van der Waals surface area contributed by atoms with Gasteiger partial charge in [0.05, 0.1) is 20.0 Å². The maximum Gasteiger partial charge on any atom is 0.316 e. The SMILES string of the molecule is COC(=O)CSc1nnc(NC(=O)C(C)Oc2ccccc2OC)s1. The third-order valence-corrected chi connectivity index (χ3v) is 4.87. The topological polar surface area (TPSA) is 99.6 Å². The molecule has 0 spiro atoms. The van der Waals surface area contributed by atoms with Crippen LogP contribution < -0.4 is 14.8 Å². The lowest BCUT2D eigenvalue weighted by atomic mass is 10.3. The van der Waals surface area contributed by atoms with E-state index in [9.17, 15) is 9.59 Å². The quantitative estimate of drug-likeness (QED) is 0.421. The highest BCUT2D eigenvalue weighted by molar-refractivity contribution is 8.01. The molecule has 1 atom stereocenters. The average molecular weight is 383 g/mol. The van der Waals surface area contributed by atoms with Gasteiger partial charge in [0.25, 0.3) is 5.91 Å². The van der Waals surface area contributed by atoms with E-state index >= 15 is 0 Å². The molecular weight excluding hydrogens is 366 g/mol. The summed E-state index contributed by atoms with van der Waals surface area (Å²) in [6, 6.07) is 7.06. The molecule has 1 aromatic carbocycles. The van der Waals surface area contributed by atoms with Gasteiger partial charge >= 0.3 is 5.97 Å². The Labute approximate surface area is 152 Å². The number of benzene rings is 1. The van der Waals surface area contributed by atoms with Crippen molar-refractivity contribution in [3.8, 4) is 11.5 Å². The van der Waals surface area contributed by atoms with Crippen LogP contribution >= 0.6 is 23.1 Å². The number of amides is 1. The molecule has 2 rings (SSSR count). The van der Waals surface area contributed by atoms with Gasteiger partial charge in [-0.1, -0.05) is 35.2 Å². The number of hydrogen-bond acceptors (Lipinski definition) is 9. The Morgan fingerprint density at radius 3 is 2.64 bits per heavy atom. The van der Waals surface area contributed by atoms with E-state index in [2.05, 4.69) is 20.3 Å². The van der Waals surface area contributed by atoms with Crippen LogP contribution in [0.5, 0.6) is 11.5 Å². The zero-order chi connectivity index (χ0) is 18.2. The first-order valence-corrected chi connectivity index (χ1v) is 8.97. The standard InChI is InChI=1S/C15H17N3O5S2/c1-9(23-11-7-5-4-6-10(11)21-2)13(20)16-14-17-18-15(25-14)24-8-12(19)22-3/h4-7,9H,8H2,1-3H3,(H,16,17,20). The van der Waals surface area contributed by atoms with Crippen molar-refractivity contribution in [1.29, 1.82) is 0 Å². The fraction of sp³-hybridized carbons (Fsp3) is 0.333. The number of methoxy groups -OCH3 is 2. The van der Waals surface area contributed by atoms with Crippen molar-refractivity contribution in [3.63, 3.8) is 0 Å². The van der Waals surface area contributed by atoms with E-state index in [-0.39, 0.29) is 17.6 Å². The second-order valence-corrected chi connectivity index (χ2v) is 6.84. The minimum Gasteiger partial charge on any atom is -0.493 e. The van der Waals surface area contributed by atoms with Crippen LogP contribution in [0, 0.1) is 0 Å². The molecule has 10 heteroatoms. The molecule has 134 valence electrons. The van der Waals surface area contributed by atoms with E-state index in [0.29, 0.717) is 21.0 Å². The summed E-state index contributed by atoms with van der Waals surface area (Å²) >= 11 is 2.35. The molecule has 1 amide bonds. The van der Waals surface area contributed by atoms with Crippen molar-refractivity contribution < 1.29 is 23.8 Å². The van der Waals surface area contributed by atoms with E-state index < -0.39 is 6.10 Å². The van der Waals surface area contributed by atoms with E-state index in [1.807, 2.05) is 6.07 Å². The van der Waals surface area contributed by atoms with E-state index in [0.717, 1.165) is 0 Å². The number of nitrogens with zero attached hydrogens (tertiary/aromatic N) is 2. The van der Waals surface area contributed by atoms with Crippen molar-refractivity contribution in [3.05, 3.63) is 24.3 Å². The molecule has 1 unspecified atom stereocenters. The predicted octanol–water partition coefficient (Wildman–Crippen LogP) is 2.22. The van der Waals surface area contributed by atoms with Crippen molar-refractivity contribution in [1.82, 2.24) is 10.2 Å². The monoisotopic (exact) mass is 383 g/mol. The van der Waals surface area contributed by atoms with Crippen LogP contribution in [-0.2, 0) is 14.3 Å². The fourth-order valence-electron chi connectivity index (χ4n) is 1.67. The van der Waals surface area contributed by atoms with Gasteiger partial charge in [0.15, 0.2) is 21.9 Å². The van der Waals surface area contributed by atoms with E-state index in [4.69, 9.17) is 9.47 Å². The molecule has 0 aliphatic heterocycles. The summed E-state index contributed by atoms with van der Waals surface area (Å²) in [6.07, 6.45) is -0.758. The number of carbonyl (C=O) groups excluding carboxylic acids is 2. The first-order chi connectivity index (χ1) is 12.0. The number of carbonyl (C=O) groups is 2. The third kappa shape index (κ3) is 5.61. The maximum atomic E-state index is 12.2. The molecule has 0 aliphatic rings. The van der Waals surface area contributed by atoms with Crippen LogP contribution in [0.3, 0.4) is 0 Å². The highest BCUT2D eigenvalue weighted by Gasteiger charge is 2.19. The second kappa shape index (κ2) is 9.23. The minimum atomic E-state index is -0.758. The molecule has 25 heavy (non-hydrogen) atoms. The van der Waals surface area contributed by atoms with Crippen molar-refractivity contribution in [2.24, 2.45) is 0 Å². The fourth-order valence-corrected chi connectivity index (χ4v) is 3.25. The van der Waals surface area contributed by atoms with Gasteiger partial charge in [0.1, 0.15) is 0 Å². The van der Waals surface area contributed by atoms with Crippen LogP contribution in [0.4, 0.5) is 5.13 Å². The molecule has 0 saturated carbocycles. The number of nitrogens with one attached hydrogen (secondary N) is 1. The van der Waals surface area contributed by atoms with Crippen LogP contribution in [0.1, 0.15) is 6.92 Å². The smallest absolute Gasteiger partial charge is 0.316 e. The summed E-state index contributed by atoms with van der Waals surface area (Å²) < 4.78 is 15.9. The number of esters is 1. The Balaban J connectivity index is 1.90. The summed E-state index contributed by atoms with van der Waals surface area (Å²) in [5.41, 5.74) is 0. The van der Waals surface area contributed by atoms with Crippen molar-refractivity contribution in [2.45, 2.75) is 17.4 Å². The van der Waals surface area contributed by atoms with Gasteiger partial charge in [-0.25, -0.2) is 0 Å². The van der Waals surface area contributed by atoms with Crippen molar-refractivity contribution in [2.75, 3.05) is 25.3 Å². The summed E-state index contributed by atoms with van der Waals surface area (Å²) in [5.74, 6) is 0.418. The molecule has 0 aliphatic carbocycles. The van der Waals surface area contributed by atoms with Gasteiger partial charge in [-0.3, -0.25) is 14.9 Å². The Morgan fingerprint density at radius 1 is 1.24 bits per heavy atom. The minimum absolute atomic E-state index is 0.131. The van der Waals surface area contributed by atoms with Gasteiger partial charge in [-0.2, -0.15) is 0 Å². The number of thioether (sulfide) groups is 1. The van der Waals surface area contributed by atoms with Crippen LogP contribution in [0.25, 0.3) is 0 Å². The highest BCUT2D eigenvalue weighted by atomic mass is 32.2. The molecule has 8 nitrogen and oxygen atoms in total. The molecule has 0 saturated heterocycles. The van der Waals surface area contributed by atoms with E-state index in [1.54, 1.807) is 25.1 Å². The largest absolute Gasteiger partial charge is 0.493 e.